The number of anilines is 2. The van der Waals surface area contributed by atoms with Crippen LogP contribution >= 0.6 is 27.5 Å². The molecule has 0 bridgehead atoms. The van der Waals surface area contributed by atoms with Crippen molar-refractivity contribution >= 4 is 50.2 Å². The first kappa shape index (κ1) is 9.48. The Bertz CT molecular complexity index is 471. The maximum Gasteiger partial charge on any atom is 0.222 e. The molecule has 72 valence electrons. The van der Waals surface area contributed by atoms with Crippen molar-refractivity contribution in [3.63, 3.8) is 0 Å². The van der Waals surface area contributed by atoms with Crippen molar-refractivity contribution in [2.45, 2.75) is 0 Å². The number of fused-ring (bicyclic) bond motifs is 1. The van der Waals surface area contributed by atoms with Crippen LogP contribution < -0.4 is 11.5 Å². The Balaban J connectivity index is 2.94. The first-order valence-corrected chi connectivity index (χ1v) is 4.93. The maximum absolute atomic E-state index is 5.99. The zero-order chi connectivity index (χ0) is 10.3. The molecule has 4 nitrogen and oxygen atoms in total. The van der Waals surface area contributed by atoms with Gasteiger partial charge in [-0.15, -0.1) is 0 Å². The predicted octanol–water partition coefficient (Wildman–Crippen LogP) is 2.21. The highest BCUT2D eigenvalue weighted by molar-refractivity contribution is 9.10. The van der Waals surface area contributed by atoms with Crippen LogP contribution in [-0.2, 0) is 0 Å². The standard InChI is InChI=1S/C8H6BrClN4/c9-3-1-4(10)6-5(2-3)13-8(12)14-7(6)11/h1-2H,(H4,11,12,13,14). The average molecular weight is 274 g/mol. The summed E-state index contributed by atoms with van der Waals surface area (Å²) in [4.78, 5) is 7.87. The highest BCUT2D eigenvalue weighted by Crippen LogP contribution is 2.30. The van der Waals surface area contributed by atoms with Gasteiger partial charge in [-0.1, -0.05) is 27.5 Å². The van der Waals surface area contributed by atoms with Crippen LogP contribution in [0.3, 0.4) is 0 Å². The van der Waals surface area contributed by atoms with E-state index < -0.39 is 0 Å². The van der Waals surface area contributed by atoms with E-state index in [1.807, 2.05) is 0 Å². The number of aromatic nitrogens is 2. The molecule has 2 rings (SSSR count). The van der Waals surface area contributed by atoms with E-state index in [-0.39, 0.29) is 5.95 Å². The second-order valence-electron chi connectivity index (χ2n) is 2.75. The van der Waals surface area contributed by atoms with Crippen molar-refractivity contribution in [1.29, 1.82) is 0 Å². The van der Waals surface area contributed by atoms with Crippen molar-refractivity contribution in [2.24, 2.45) is 0 Å². The molecule has 0 atom stereocenters. The van der Waals surface area contributed by atoms with Crippen LogP contribution in [0, 0.1) is 0 Å². The second kappa shape index (κ2) is 3.25. The summed E-state index contributed by atoms with van der Waals surface area (Å²) < 4.78 is 0.826. The van der Waals surface area contributed by atoms with Gasteiger partial charge in [0.2, 0.25) is 5.95 Å². The van der Waals surface area contributed by atoms with E-state index in [2.05, 4.69) is 25.9 Å². The molecule has 0 aliphatic carbocycles. The van der Waals surface area contributed by atoms with Crippen molar-refractivity contribution < 1.29 is 0 Å². The van der Waals surface area contributed by atoms with E-state index in [0.717, 1.165) is 4.47 Å². The summed E-state index contributed by atoms with van der Waals surface area (Å²) >= 11 is 9.29. The topological polar surface area (TPSA) is 77.8 Å². The van der Waals surface area contributed by atoms with Crippen LogP contribution in [0.2, 0.25) is 5.02 Å². The van der Waals surface area contributed by atoms with Gasteiger partial charge in [-0.3, -0.25) is 0 Å². The fraction of sp³-hybridized carbons (Fsp3) is 0. The van der Waals surface area contributed by atoms with Crippen LogP contribution in [0.25, 0.3) is 10.9 Å². The third kappa shape index (κ3) is 1.49. The molecule has 0 aliphatic rings. The number of nitrogens with two attached hydrogens (primary N) is 2. The Morgan fingerprint density at radius 3 is 2.64 bits per heavy atom. The SMILES string of the molecule is Nc1nc(N)c2c(Cl)cc(Br)cc2n1. The van der Waals surface area contributed by atoms with Crippen molar-refractivity contribution in [3.05, 3.63) is 21.6 Å². The first-order valence-electron chi connectivity index (χ1n) is 3.75. The molecular weight excluding hydrogens is 267 g/mol. The lowest BCUT2D eigenvalue weighted by molar-refractivity contribution is 1.24. The van der Waals surface area contributed by atoms with Crippen LogP contribution in [-0.4, -0.2) is 9.97 Å². The lowest BCUT2D eigenvalue weighted by Gasteiger charge is -2.04. The van der Waals surface area contributed by atoms with Crippen molar-refractivity contribution in [1.82, 2.24) is 9.97 Å². The summed E-state index contributed by atoms with van der Waals surface area (Å²) in [5.41, 5.74) is 11.8. The fourth-order valence-corrected chi connectivity index (χ4v) is 2.12. The third-order valence-corrected chi connectivity index (χ3v) is 2.52. The molecule has 1 aromatic carbocycles. The lowest BCUT2D eigenvalue weighted by atomic mass is 10.2. The van der Waals surface area contributed by atoms with Gasteiger partial charge in [0, 0.05) is 4.47 Å². The molecule has 1 aromatic heterocycles. The first-order chi connectivity index (χ1) is 6.58. The Morgan fingerprint density at radius 2 is 1.93 bits per heavy atom. The van der Waals surface area contributed by atoms with Crippen LogP contribution in [0.5, 0.6) is 0 Å². The maximum atomic E-state index is 5.99. The summed E-state index contributed by atoms with van der Waals surface area (Å²) in [5, 5.41) is 1.14. The number of rotatable bonds is 0. The number of nitrogens with zero attached hydrogens (tertiary/aromatic N) is 2. The van der Waals surface area contributed by atoms with Gasteiger partial charge in [0.05, 0.1) is 15.9 Å². The largest absolute Gasteiger partial charge is 0.383 e. The van der Waals surface area contributed by atoms with Gasteiger partial charge in [0.15, 0.2) is 0 Å². The highest BCUT2D eigenvalue weighted by atomic mass is 79.9. The average Bonchev–Trinajstić information content (AvgIpc) is 1.99. The van der Waals surface area contributed by atoms with E-state index in [9.17, 15) is 0 Å². The highest BCUT2D eigenvalue weighted by Gasteiger charge is 2.08. The number of halogens is 2. The Morgan fingerprint density at radius 1 is 1.21 bits per heavy atom. The van der Waals surface area contributed by atoms with E-state index in [1.165, 1.54) is 0 Å². The van der Waals surface area contributed by atoms with E-state index >= 15 is 0 Å². The molecule has 0 unspecified atom stereocenters. The minimum Gasteiger partial charge on any atom is -0.383 e. The number of hydrogen-bond donors (Lipinski definition) is 2. The second-order valence-corrected chi connectivity index (χ2v) is 4.07. The molecule has 2 aromatic rings. The lowest BCUT2D eigenvalue weighted by Crippen LogP contribution is -2.00. The normalized spacial score (nSPS) is 10.7. The molecule has 0 fully saturated rings. The van der Waals surface area contributed by atoms with Gasteiger partial charge in [0.1, 0.15) is 5.82 Å². The van der Waals surface area contributed by atoms with Gasteiger partial charge >= 0.3 is 0 Å². The molecule has 0 saturated carbocycles. The molecule has 6 heteroatoms. The molecule has 0 spiro atoms. The van der Waals surface area contributed by atoms with E-state index in [1.54, 1.807) is 12.1 Å². The monoisotopic (exact) mass is 272 g/mol. The van der Waals surface area contributed by atoms with Gasteiger partial charge < -0.3 is 11.5 Å². The van der Waals surface area contributed by atoms with Crippen LogP contribution in [0.1, 0.15) is 0 Å². The smallest absolute Gasteiger partial charge is 0.222 e. The molecule has 0 aliphatic heterocycles. The van der Waals surface area contributed by atoms with Gasteiger partial charge in [0.25, 0.3) is 0 Å². The molecule has 4 N–H and O–H groups in total. The minimum absolute atomic E-state index is 0.143. The summed E-state index contributed by atoms with van der Waals surface area (Å²) in [5.74, 6) is 0.439. The van der Waals surface area contributed by atoms with Crippen molar-refractivity contribution in [3.8, 4) is 0 Å². The quantitative estimate of drug-likeness (QED) is 0.771. The summed E-state index contributed by atoms with van der Waals surface area (Å²) in [7, 11) is 0. The zero-order valence-corrected chi connectivity index (χ0v) is 9.30. The molecule has 14 heavy (non-hydrogen) atoms. The molecule has 0 saturated heterocycles. The number of nitrogen functional groups attached to an aromatic ring is 2. The van der Waals surface area contributed by atoms with E-state index in [0.29, 0.717) is 21.7 Å². The number of benzene rings is 1. The Hall–Kier alpha value is -1.07. The van der Waals surface area contributed by atoms with Gasteiger partial charge in [-0.2, -0.15) is 4.98 Å². The Labute approximate surface area is 93.4 Å². The molecule has 0 amide bonds. The minimum atomic E-state index is 0.143. The molecule has 1 heterocycles. The van der Waals surface area contributed by atoms with Gasteiger partial charge in [-0.25, -0.2) is 4.98 Å². The van der Waals surface area contributed by atoms with Crippen LogP contribution in [0.15, 0.2) is 16.6 Å². The predicted molar refractivity (Wildman–Crippen MR) is 61.1 cm³/mol. The van der Waals surface area contributed by atoms with Crippen molar-refractivity contribution in [2.75, 3.05) is 11.5 Å². The van der Waals surface area contributed by atoms with Gasteiger partial charge in [-0.05, 0) is 12.1 Å². The van der Waals surface area contributed by atoms with Crippen LogP contribution in [0.4, 0.5) is 11.8 Å². The molecule has 0 radical (unpaired) electrons. The van der Waals surface area contributed by atoms with E-state index in [4.69, 9.17) is 23.1 Å². The summed E-state index contributed by atoms with van der Waals surface area (Å²) in [6, 6.07) is 3.52. The summed E-state index contributed by atoms with van der Waals surface area (Å²) in [6.07, 6.45) is 0. The third-order valence-electron chi connectivity index (χ3n) is 1.76. The fourth-order valence-electron chi connectivity index (χ4n) is 1.23. The zero-order valence-electron chi connectivity index (χ0n) is 6.96. The Kier molecular flexibility index (Phi) is 2.20. The number of hydrogen-bond acceptors (Lipinski definition) is 4. The molecular formula is C8H6BrClN4. The summed E-state index contributed by atoms with van der Waals surface area (Å²) in [6.45, 7) is 0.